The van der Waals surface area contributed by atoms with E-state index in [1.165, 1.54) is 19.6 Å². The van der Waals surface area contributed by atoms with Gasteiger partial charge in [0.2, 0.25) is 0 Å². The molecule has 8 heteroatoms. The minimum atomic E-state index is -0.579. The molecule has 33 heavy (non-hydrogen) atoms. The highest BCUT2D eigenvalue weighted by Gasteiger charge is 2.25. The number of hydrogen-bond acceptors (Lipinski definition) is 5. The summed E-state index contributed by atoms with van der Waals surface area (Å²) in [6.45, 7) is 3.66. The molecule has 2 fully saturated rings. The largest absolute Gasteiger partial charge is 0.466 e. The van der Waals surface area contributed by atoms with Crippen LogP contribution in [-0.2, 0) is 16.1 Å². The number of rotatable bonds is 7. The van der Waals surface area contributed by atoms with E-state index >= 15 is 4.39 Å². The number of nitrogens with one attached hydrogen (secondary N) is 1. The van der Waals surface area contributed by atoms with Crippen molar-refractivity contribution in [3.63, 3.8) is 0 Å². The van der Waals surface area contributed by atoms with E-state index in [4.69, 9.17) is 0 Å². The monoisotopic (exact) mass is 457 g/mol. The summed E-state index contributed by atoms with van der Waals surface area (Å²) in [5, 5.41) is 3.49. The number of anilines is 1. The topological polar surface area (TPSA) is 82.3 Å². The molecule has 1 heterocycles. The summed E-state index contributed by atoms with van der Waals surface area (Å²) in [6, 6.07) is 3.04. The fraction of sp³-hybridized carbons (Fsp3) is 0.560. The number of hydrogen-bond donors (Lipinski definition) is 1. The first-order valence-corrected chi connectivity index (χ1v) is 11.9. The van der Waals surface area contributed by atoms with Crippen LogP contribution in [0.4, 0.5) is 10.1 Å². The van der Waals surface area contributed by atoms with E-state index in [0.717, 1.165) is 55.9 Å². The van der Waals surface area contributed by atoms with Gasteiger partial charge in [-0.2, -0.15) is 0 Å². The Bertz CT molecular complexity index is 1170. The number of carbonyl (C=O) groups excluding carboxylic acids is 1. The van der Waals surface area contributed by atoms with Crippen molar-refractivity contribution in [2.24, 2.45) is 0 Å². The Morgan fingerprint density at radius 3 is 2.45 bits per heavy atom. The smallest absolute Gasteiger partial charge is 0.333 e. The Labute approximate surface area is 192 Å². The molecule has 0 radical (unpaired) electrons. The van der Waals surface area contributed by atoms with E-state index in [-0.39, 0.29) is 36.0 Å². The molecule has 0 atom stereocenters. The maximum absolute atomic E-state index is 15.1. The molecule has 178 valence electrons. The average molecular weight is 458 g/mol. The molecule has 0 unspecified atom stereocenters. The Morgan fingerprint density at radius 1 is 1.12 bits per heavy atom. The zero-order valence-corrected chi connectivity index (χ0v) is 19.2. The van der Waals surface area contributed by atoms with Crippen LogP contribution in [-0.4, -0.2) is 28.3 Å². The van der Waals surface area contributed by atoms with E-state index in [1.54, 1.807) is 10.6 Å². The lowest BCUT2D eigenvalue weighted by molar-refractivity contribution is -0.136. The second kappa shape index (κ2) is 9.93. The molecule has 0 spiro atoms. The van der Waals surface area contributed by atoms with Gasteiger partial charge in [0, 0.05) is 24.2 Å². The van der Waals surface area contributed by atoms with Gasteiger partial charge in [0.05, 0.1) is 23.7 Å². The lowest BCUT2D eigenvalue weighted by atomic mass is 9.95. The molecular weight excluding hydrogens is 425 g/mol. The molecule has 2 aliphatic carbocycles. The van der Waals surface area contributed by atoms with Gasteiger partial charge < -0.3 is 10.1 Å². The highest BCUT2D eigenvalue weighted by atomic mass is 19.1. The van der Waals surface area contributed by atoms with Crippen LogP contribution in [0.1, 0.15) is 70.3 Å². The Kier molecular flexibility index (Phi) is 7.00. The quantitative estimate of drug-likeness (QED) is 0.496. The third-order valence-corrected chi connectivity index (χ3v) is 7.02. The predicted molar refractivity (Wildman–Crippen MR) is 126 cm³/mol. The van der Waals surface area contributed by atoms with Crippen molar-refractivity contribution < 1.29 is 13.9 Å². The number of esters is 1. The number of nitrogens with zero attached hydrogens (tertiary/aromatic N) is 2. The van der Waals surface area contributed by atoms with Crippen LogP contribution in [0.15, 0.2) is 33.9 Å². The van der Waals surface area contributed by atoms with Crippen molar-refractivity contribution in [3.8, 4) is 0 Å². The first-order valence-electron chi connectivity index (χ1n) is 11.9. The van der Waals surface area contributed by atoms with Crippen molar-refractivity contribution in [3.05, 3.63) is 50.9 Å². The number of carbonyl (C=O) groups is 1. The Balaban J connectivity index is 1.79. The van der Waals surface area contributed by atoms with Gasteiger partial charge in [0.25, 0.3) is 5.56 Å². The third kappa shape index (κ3) is 4.75. The number of aromatic nitrogens is 2. The van der Waals surface area contributed by atoms with E-state index in [2.05, 4.69) is 16.6 Å². The van der Waals surface area contributed by atoms with Gasteiger partial charge in [-0.15, -0.1) is 0 Å². The minimum Gasteiger partial charge on any atom is -0.466 e. The normalized spacial score (nSPS) is 17.4. The van der Waals surface area contributed by atoms with Crippen LogP contribution >= 0.6 is 0 Å². The van der Waals surface area contributed by atoms with Crippen LogP contribution in [0, 0.1) is 5.82 Å². The van der Waals surface area contributed by atoms with Gasteiger partial charge in [0.15, 0.2) is 0 Å². The predicted octanol–water partition coefficient (Wildman–Crippen LogP) is 4.28. The van der Waals surface area contributed by atoms with Crippen molar-refractivity contribution in [1.82, 2.24) is 9.13 Å². The Hall–Kier alpha value is -2.90. The van der Waals surface area contributed by atoms with Crippen molar-refractivity contribution in [2.75, 3.05) is 12.4 Å². The van der Waals surface area contributed by atoms with Crippen molar-refractivity contribution in [1.29, 1.82) is 0 Å². The van der Waals surface area contributed by atoms with Crippen LogP contribution < -0.4 is 16.6 Å². The summed E-state index contributed by atoms with van der Waals surface area (Å²) in [7, 11) is 1.25. The summed E-state index contributed by atoms with van der Waals surface area (Å²) < 4.78 is 22.5. The molecule has 1 N–H and O–H groups in total. The highest BCUT2D eigenvalue weighted by molar-refractivity contribution is 5.87. The maximum Gasteiger partial charge on any atom is 0.333 e. The van der Waals surface area contributed by atoms with Crippen LogP contribution in [0.25, 0.3) is 10.9 Å². The number of halogens is 1. The second-order valence-electron chi connectivity index (χ2n) is 9.22. The van der Waals surface area contributed by atoms with Crippen LogP contribution in [0.2, 0.25) is 0 Å². The third-order valence-electron chi connectivity index (χ3n) is 7.02. The summed E-state index contributed by atoms with van der Waals surface area (Å²) in [6.07, 6.45) is 9.18. The van der Waals surface area contributed by atoms with Crippen LogP contribution in [0.5, 0.6) is 0 Å². The molecular formula is C25H32FN3O4. The van der Waals surface area contributed by atoms with Gasteiger partial charge >= 0.3 is 11.7 Å². The number of ether oxygens (including phenoxy) is 1. The van der Waals surface area contributed by atoms with Gasteiger partial charge in [0.1, 0.15) is 5.82 Å². The fourth-order valence-electron chi connectivity index (χ4n) is 5.18. The van der Waals surface area contributed by atoms with Gasteiger partial charge in [-0.25, -0.2) is 14.0 Å². The molecule has 2 aromatic rings. The standard InChI is InChI=1S/C25H32FN3O4/c1-16(24(31)33-2)12-13-28-23(30)19-14-20(26)21(27-17-8-4-3-5-9-17)15-22(19)29(25(28)32)18-10-6-7-11-18/h14-15,17-18,27H,1,3-13H2,2H3. The summed E-state index contributed by atoms with van der Waals surface area (Å²) in [4.78, 5) is 38.4. The fourth-order valence-corrected chi connectivity index (χ4v) is 5.18. The molecule has 0 aliphatic heterocycles. The molecule has 4 rings (SSSR count). The van der Waals surface area contributed by atoms with E-state index < -0.39 is 23.0 Å². The van der Waals surface area contributed by atoms with E-state index in [0.29, 0.717) is 11.2 Å². The summed E-state index contributed by atoms with van der Waals surface area (Å²) >= 11 is 0. The van der Waals surface area contributed by atoms with Gasteiger partial charge in [-0.3, -0.25) is 13.9 Å². The first kappa shape index (κ1) is 23.3. The molecule has 0 amide bonds. The van der Waals surface area contributed by atoms with Crippen molar-refractivity contribution >= 4 is 22.6 Å². The van der Waals surface area contributed by atoms with Gasteiger partial charge in [-0.1, -0.05) is 38.7 Å². The molecule has 0 bridgehead atoms. The van der Waals surface area contributed by atoms with E-state index in [9.17, 15) is 14.4 Å². The Morgan fingerprint density at radius 2 is 1.79 bits per heavy atom. The zero-order valence-electron chi connectivity index (χ0n) is 19.2. The van der Waals surface area contributed by atoms with Gasteiger partial charge in [-0.05, 0) is 44.2 Å². The highest BCUT2D eigenvalue weighted by Crippen LogP contribution is 2.32. The molecule has 1 aromatic heterocycles. The SMILES string of the molecule is C=C(CCn1c(=O)c2cc(F)c(NC3CCCCC3)cc2n(C2CCCC2)c1=O)C(=O)OC. The first-order chi connectivity index (χ1) is 15.9. The number of fused-ring (bicyclic) bond motifs is 1. The maximum atomic E-state index is 15.1. The summed E-state index contributed by atoms with van der Waals surface area (Å²) in [5.41, 5.74) is 0.0169. The molecule has 7 nitrogen and oxygen atoms in total. The molecule has 2 aliphatic rings. The van der Waals surface area contributed by atoms with E-state index in [1.807, 2.05) is 0 Å². The van der Waals surface area contributed by atoms with Crippen molar-refractivity contribution in [2.45, 2.75) is 82.8 Å². The summed E-state index contributed by atoms with van der Waals surface area (Å²) in [5.74, 6) is -1.07. The molecule has 1 aromatic carbocycles. The lowest BCUT2D eigenvalue weighted by Crippen LogP contribution is -2.41. The molecule has 0 saturated heterocycles. The lowest BCUT2D eigenvalue weighted by Gasteiger charge is -2.25. The second-order valence-corrected chi connectivity index (χ2v) is 9.22. The number of methoxy groups -OCH3 is 1. The van der Waals surface area contributed by atoms with Crippen LogP contribution in [0.3, 0.4) is 0 Å². The number of benzene rings is 1. The average Bonchev–Trinajstić information content (AvgIpc) is 3.34. The zero-order chi connectivity index (χ0) is 23.5. The molecule has 2 saturated carbocycles. The minimum absolute atomic E-state index is 0.0159.